The van der Waals surface area contributed by atoms with Crippen molar-refractivity contribution in [3.8, 4) is 0 Å². The zero-order chi connectivity index (χ0) is 11.8. The van der Waals surface area contributed by atoms with E-state index in [1.807, 2.05) is 0 Å². The largest absolute Gasteiger partial charge is 0.0654 e. The molecule has 0 heterocycles. The molecule has 0 N–H and O–H groups in total. The summed E-state index contributed by atoms with van der Waals surface area (Å²) in [4.78, 5) is 0. The number of benzene rings is 1. The van der Waals surface area contributed by atoms with Crippen LogP contribution in [0.1, 0.15) is 64.4 Å². The first-order valence-corrected chi connectivity index (χ1v) is 6.88. The van der Waals surface area contributed by atoms with Gasteiger partial charge in [0.05, 0.1) is 0 Å². The quantitative estimate of drug-likeness (QED) is 0.575. The van der Waals surface area contributed by atoms with Gasteiger partial charge in [0.15, 0.2) is 0 Å². The molecule has 0 spiro atoms. The molecule has 0 saturated carbocycles. The molecule has 0 unspecified atom stereocenters. The highest BCUT2D eigenvalue weighted by Gasteiger charge is 2.19. The summed E-state index contributed by atoms with van der Waals surface area (Å²) >= 11 is 0. The Morgan fingerprint density at radius 1 is 0.875 bits per heavy atom. The summed E-state index contributed by atoms with van der Waals surface area (Å²) in [5, 5.41) is 0. The van der Waals surface area contributed by atoms with E-state index in [-0.39, 0.29) is 0 Å². The highest BCUT2D eigenvalue weighted by atomic mass is 14.2. The maximum absolute atomic E-state index is 2.33. The molecule has 0 aliphatic rings. The van der Waals surface area contributed by atoms with Crippen LogP contribution < -0.4 is 0 Å². The van der Waals surface area contributed by atoms with E-state index in [1.54, 1.807) is 0 Å². The first-order chi connectivity index (χ1) is 7.83. The molecular formula is C16H26. The van der Waals surface area contributed by atoms with Crippen molar-refractivity contribution >= 4 is 0 Å². The molecule has 0 amide bonds. The van der Waals surface area contributed by atoms with Gasteiger partial charge in [0.2, 0.25) is 0 Å². The van der Waals surface area contributed by atoms with E-state index >= 15 is 0 Å². The van der Waals surface area contributed by atoms with Crippen molar-refractivity contribution in [3.05, 3.63) is 35.9 Å². The average Bonchev–Trinajstić information content (AvgIpc) is 2.32. The topological polar surface area (TPSA) is 0 Å². The van der Waals surface area contributed by atoms with E-state index in [9.17, 15) is 0 Å². The Bertz CT molecular complexity index is 257. The third-order valence-corrected chi connectivity index (χ3v) is 3.56. The minimum absolute atomic E-state index is 0.765. The van der Waals surface area contributed by atoms with Gasteiger partial charge in [-0.1, -0.05) is 76.8 Å². The Morgan fingerprint density at radius 2 is 1.44 bits per heavy atom. The number of hydrogen-bond donors (Lipinski definition) is 0. The minimum Gasteiger partial charge on any atom is -0.0654 e. The normalized spacial score (nSPS) is 13.0. The lowest BCUT2D eigenvalue weighted by Crippen LogP contribution is -2.12. The summed E-state index contributed by atoms with van der Waals surface area (Å²) < 4.78 is 0. The Balaban J connectivity index is 2.77. The minimum atomic E-state index is 0.765. The molecule has 0 aliphatic heterocycles. The molecule has 0 aliphatic carbocycles. The SMILES string of the molecule is CCCC(CCC)[C@@H](CC)c1ccccc1. The molecule has 0 heteroatoms. The average molecular weight is 218 g/mol. The molecule has 1 rings (SSSR count). The van der Waals surface area contributed by atoms with Crippen molar-refractivity contribution in [1.29, 1.82) is 0 Å². The Kier molecular flexibility index (Phi) is 6.22. The van der Waals surface area contributed by atoms with E-state index in [1.165, 1.54) is 37.7 Å². The highest BCUT2D eigenvalue weighted by molar-refractivity contribution is 5.20. The Morgan fingerprint density at radius 3 is 1.88 bits per heavy atom. The van der Waals surface area contributed by atoms with Crippen LogP contribution in [0, 0.1) is 5.92 Å². The van der Waals surface area contributed by atoms with Gasteiger partial charge in [0.25, 0.3) is 0 Å². The zero-order valence-electron chi connectivity index (χ0n) is 11.1. The van der Waals surface area contributed by atoms with Crippen LogP contribution in [0.5, 0.6) is 0 Å². The zero-order valence-corrected chi connectivity index (χ0v) is 11.1. The fraction of sp³-hybridized carbons (Fsp3) is 0.625. The molecule has 0 fully saturated rings. The fourth-order valence-corrected chi connectivity index (χ4v) is 2.83. The molecule has 0 radical (unpaired) electrons. The van der Waals surface area contributed by atoms with Crippen LogP contribution in [-0.2, 0) is 0 Å². The first-order valence-electron chi connectivity index (χ1n) is 6.88. The Labute approximate surface area is 101 Å². The van der Waals surface area contributed by atoms with Crippen LogP contribution in [-0.4, -0.2) is 0 Å². The lowest BCUT2D eigenvalue weighted by atomic mass is 9.79. The van der Waals surface area contributed by atoms with Gasteiger partial charge in [0.1, 0.15) is 0 Å². The maximum atomic E-state index is 2.33. The molecule has 1 atom stereocenters. The molecule has 0 bridgehead atoms. The van der Waals surface area contributed by atoms with Crippen molar-refractivity contribution in [3.63, 3.8) is 0 Å². The molecule has 16 heavy (non-hydrogen) atoms. The summed E-state index contributed by atoms with van der Waals surface area (Å²) in [6, 6.07) is 11.1. The van der Waals surface area contributed by atoms with Gasteiger partial charge < -0.3 is 0 Å². The monoisotopic (exact) mass is 218 g/mol. The predicted molar refractivity (Wildman–Crippen MR) is 72.8 cm³/mol. The molecule has 0 aromatic heterocycles. The van der Waals surface area contributed by atoms with Crippen LogP contribution in [0.2, 0.25) is 0 Å². The summed E-state index contributed by atoms with van der Waals surface area (Å²) in [7, 11) is 0. The van der Waals surface area contributed by atoms with Gasteiger partial charge in [-0.15, -0.1) is 0 Å². The second-order valence-electron chi connectivity index (χ2n) is 4.76. The van der Waals surface area contributed by atoms with Gasteiger partial charge in [-0.2, -0.15) is 0 Å². The third-order valence-electron chi connectivity index (χ3n) is 3.56. The van der Waals surface area contributed by atoms with Crippen molar-refractivity contribution in [1.82, 2.24) is 0 Å². The van der Waals surface area contributed by atoms with Crippen molar-refractivity contribution in [2.45, 2.75) is 58.8 Å². The molecule has 90 valence electrons. The van der Waals surface area contributed by atoms with E-state index in [0.29, 0.717) is 0 Å². The molecule has 0 saturated heterocycles. The van der Waals surface area contributed by atoms with Gasteiger partial charge in [-0.3, -0.25) is 0 Å². The van der Waals surface area contributed by atoms with Crippen molar-refractivity contribution in [2.24, 2.45) is 5.92 Å². The van der Waals surface area contributed by atoms with E-state index in [2.05, 4.69) is 51.1 Å². The predicted octanol–water partition coefficient (Wildman–Crippen LogP) is 5.40. The summed E-state index contributed by atoms with van der Waals surface area (Å²) in [5.41, 5.74) is 1.54. The lowest BCUT2D eigenvalue weighted by Gasteiger charge is -2.26. The van der Waals surface area contributed by atoms with Crippen molar-refractivity contribution in [2.75, 3.05) is 0 Å². The lowest BCUT2D eigenvalue weighted by molar-refractivity contribution is 0.355. The van der Waals surface area contributed by atoms with Crippen LogP contribution >= 0.6 is 0 Å². The smallest absolute Gasteiger partial charge is 0.0136 e. The second kappa shape index (κ2) is 7.49. The molecule has 1 aromatic carbocycles. The van der Waals surface area contributed by atoms with Crippen LogP contribution in [0.15, 0.2) is 30.3 Å². The van der Waals surface area contributed by atoms with Crippen LogP contribution in [0.3, 0.4) is 0 Å². The van der Waals surface area contributed by atoms with E-state index in [4.69, 9.17) is 0 Å². The number of rotatable bonds is 7. The summed E-state index contributed by atoms with van der Waals surface area (Å²) in [6.07, 6.45) is 6.65. The highest BCUT2D eigenvalue weighted by Crippen LogP contribution is 2.34. The summed E-state index contributed by atoms with van der Waals surface area (Å²) in [5.74, 6) is 1.64. The number of hydrogen-bond acceptors (Lipinski definition) is 0. The van der Waals surface area contributed by atoms with Crippen molar-refractivity contribution < 1.29 is 0 Å². The summed E-state index contributed by atoms with van der Waals surface area (Å²) in [6.45, 7) is 6.94. The van der Waals surface area contributed by atoms with Gasteiger partial charge >= 0.3 is 0 Å². The molecule has 0 nitrogen and oxygen atoms in total. The van der Waals surface area contributed by atoms with Crippen LogP contribution in [0.25, 0.3) is 0 Å². The maximum Gasteiger partial charge on any atom is -0.0136 e. The van der Waals surface area contributed by atoms with Gasteiger partial charge in [-0.05, 0) is 23.8 Å². The van der Waals surface area contributed by atoms with E-state index in [0.717, 1.165) is 11.8 Å². The third kappa shape index (κ3) is 3.66. The standard InChI is InChI=1S/C16H26/c1-4-10-14(11-5-2)16(6-3)15-12-8-7-9-13-15/h7-9,12-14,16H,4-6,10-11H2,1-3H3/t16-/m1/s1. The fourth-order valence-electron chi connectivity index (χ4n) is 2.83. The Hall–Kier alpha value is -0.780. The van der Waals surface area contributed by atoms with Gasteiger partial charge in [-0.25, -0.2) is 0 Å². The molecule has 1 aromatic rings. The second-order valence-corrected chi connectivity index (χ2v) is 4.76. The van der Waals surface area contributed by atoms with E-state index < -0.39 is 0 Å². The first kappa shape index (κ1) is 13.3. The van der Waals surface area contributed by atoms with Crippen LogP contribution in [0.4, 0.5) is 0 Å². The molecular weight excluding hydrogens is 192 g/mol. The van der Waals surface area contributed by atoms with Gasteiger partial charge in [0, 0.05) is 0 Å².